The molecule has 2 atom stereocenters. The van der Waals surface area contributed by atoms with E-state index >= 15 is 0 Å². The number of benzene rings is 1. The molecule has 4 nitrogen and oxygen atoms in total. The van der Waals surface area contributed by atoms with Crippen molar-refractivity contribution in [2.75, 3.05) is 31.8 Å². The molecular weight excluding hydrogens is 262 g/mol. The fourth-order valence-electron chi connectivity index (χ4n) is 1.92. The minimum Gasteiger partial charge on any atom is -0.497 e. The van der Waals surface area contributed by atoms with Gasteiger partial charge >= 0.3 is 0 Å². The Morgan fingerprint density at radius 3 is 2.74 bits per heavy atom. The van der Waals surface area contributed by atoms with E-state index in [4.69, 9.17) is 9.47 Å². The molecule has 1 aromatic carbocycles. The summed E-state index contributed by atoms with van der Waals surface area (Å²) in [4.78, 5) is 0. The smallest absolute Gasteiger partial charge is 0.119 e. The first-order valence-electron chi connectivity index (χ1n) is 6.54. The fourth-order valence-corrected chi connectivity index (χ4v) is 3.11. The molecule has 2 N–H and O–H groups in total. The van der Waals surface area contributed by atoms with Crippen molar-refractivity contribution in [2.24, 2.45) is 0 Å². The maximum Gasteiger partial charge on any atom is 0.119 e. The molecule has 2 unspecified atom stereocenters. The van der Waals surface area contributed by atoms with E-state index in [1.54, 1.807) is 7.11 Å². The topological polar surface area (TPSA) is 50.7 Å². The molecule has 0 amide bonds. The zero-order valence-corrected chi connectivity index (χ0v) is 12.0. The Hall–Kier alpha value is -0.910. The Balaban J connectivity index is 1.65. The molecule has 0 aromatic heterocycles. The van der Waals surface area contributed by atoms with E-state index < -0.39 is 6.10 Å². The Kier molecular flexibility index (Phi) is 5.82. The highest BCUT2D eigenvalue weighted by atomic mass is 32.2. The lowest BCUT2D eigenvalue weighted by Crippen LogP contribution is -2.37. The van der Waals surface area contributed by atoms with Gasteiger partial charge in [0.25, 0.3) is 0 Å². The third-order valence-electron chi connectivity index (χ3n) is 3.07. The van der Waals surface area contributed by atoms with E-state index in [0.717, 1.165) is 17.3 Å². The van der Waals surface area contributed by atoms with Gasteiger partial charge in [-0.2, -0.15) is 11.8 Å². The van der Waals surface area contributed by atoms with E-state index in [1.807, 2.05) is 36.0 Å². The average molecular weight is 283 g/mol. The van der Waals surface area contributed by atoms with Crippen LogP contribution >= 0.6 is 11.8 Å². The summed E-state index contributed by atoms with van der Waals surface area (Å²) in [6.45, 7) is 0.889. The van der Waals surface area contributed by atoms with Crippen LogP contribution in [0.5, 0.6) is 11.5 Å². The van der Waals surface area contributed by atoms with E-state index in [-0.39, 0.29) is 0 Å². The minimum absolute atomic E-state index is 0.305. The van der Waals surface area contributed by atoms with Crippen molar-refractivity contribution in [3.8, 4) is 11.5 Å². The lowest BCUT2D eigenvalue weighted by molar-refractivity contribution is 0.104. The lowest BCUT2D eigenvalue weighted by atomic mass is 10.2. The molecule has 106 valence electrons. The number of rotatable bonds is 7. The number of aliphatic hydroxyl groups excluding tert-OH is 1. The summed E-state index contributed by atoms with van der Waals surface area (Å²) < 4.78 is 10.6. The monoisotopic (exact) mass is 283 g/mol. The zero-order chi connectivity index (χ0) is 13.5. The molecule has 2 rings (SSSR count). The zero-order valence-electron chi connectivity index (χ0n) is 11.2. The Morgan fingerprint density at radius 2 is 2.11 bits per heavy atom. The molecular formula is C14H21NO3S. The number of nitrogens with one attached hydrogen (secondary N) is 1. The largest absolute Gasteiger partial charge is 0.497 e. The van der Waals surface area contributed by atoms with Crippen LogP contribution in [0, 0.1) is 0 Å². The molecule has 0 bridgehead atoms. The average Bonchev–Trinajstić information content (AvgIpc) is 2.96. The van der Waals surface area contributed by atoms with Gasteiger partial charge in [-0.3, -0.25) is 0 Å². The predicted molar refractivity (Wildman–Crippen MR) is 78.2 cm³/mol. The van der Waals surface area contributed by atoms with Crippen LogP contribution in [0.4, 0.5) is 0 Å². The predicted octanol–water partition coefficient (Wildman–Crippen LogP) is 1.53. The number of hydrogen-bond donors (Lipinski definition) is 2. The van der Waals surface area contributed by atoms with E-state index in [9.17, 15) is 5.11 Å². The summed E-state index contributed by atoms with van der Waals surface area (Å²) >= 11 is 1.96. The second kappa shape index (κ2) is 7.62. The van der Waals surface area contributed by atoms with Crippen LogP contribution in [0.25, 0.3) is 0 Å². The van der Waals surface area contributed by atoms with E-state index in [0.29, 0.717) is 19.2 Å². The standard InChI is InChI=1S/C14H21NO3S/c1-17-13-2-4-14(5-3-13)18-9-12(16)8-15-11-6-7-19-10-11/h2-5,11-12,15-16H,6-10H2,1H3. The second-order valence-corrected chi connectivity index (χ2v) is 5.76. The van der Waals surface area contributed by atoms with Crippen LogP contribution in [-0.4, -0.2) is 49.0 Å². The van der Waals surface area contributed by atoms with Crippen molar-refractivity contribution in [3.63, 3.8) is 0 Å². The Morgan fingerprint density at radius 1 is 1.37 bits per heavy atom. The van der Waals surface area contributed by atoms with Crippen molar-refractivity contribution in [1.29, 1.82) is 0 Å². The maximum absolute atomic E-state index is 9.85. The third kappa shape index (κ3) is 4.93. The highest BCUT2D eigenvalue weighted by Gasteiger charge is 2.16. The van der Waals surface area contributed by atoms with Gasteiger partial charge < -0.3 is 19.9 Å². The van der Waals surface area contributed by atoms with Gasteiger partial charge in [-0.05, 0) is 36.4 Å². The molecule has 1 aliphatic heterocycles. The van der Waals surface area contributed by atoms with Crippen molar-refractivity contribution < 1.29 is 14.6 Å². The van der Waals surface area contributed by atoms with Gasteiger partial charge in [0, 0.05) is 18.3 Å². The molecule has 19 heavy (non-hydrogen) atoms. The summed E-state index contributed by atoms with van der Waals surface area (Å²) in [5.41, 5.74) is 0. The summed E-state index contributed by atoms with van der Waals surface area (Å²) in [7, 11) is 1.63. The number of thioether (sulfide) groups is 1. The summed E-state index contributed by atoms with van der Waals surface area (Å²) in [6.07, 6.45) is 0.712. The van der Waals surface area contributed by atoms with Crippen molar-refractivity contribution in [3.05, 3.63) is 24.3 Å². The van der Waals surface area contributed by atoms with Crippen LogP contribution < -0.4 is 14.8 Å². The molecule has 0 saturated carbocycles. The quantitative estimate of drug-likeness (QED) is 0.795. The first-order chi connectivity index (χ1) is 9.28. The van der Waals surface area contributed by atoms with Gasteiger partial charge in [-0.15, -0.1) is 0 Å². The van der Waals surface area contributed by atoms with Gasteiger partial charge in [-0.25, -0.2) is 0 Å². The maximum atomic E-state index is 9.85. The van der Waals surface area contributed by atoms with E-state index in [1.165, 1.54) is 12.2 Å². The van der Waals surface area contributed by atoms with Crippen LogP contribution in [-0.2, 0) is 0 Å². The number of hydrogen-bond acceptors (Lipinski definition) is 5. The number of ether oxygens (including phenoxy) is 2. The fraction of sp³-hybridized carbons (Fsp3) is 0.571. The number of aliphatic hydroxyl groups is 1. The van der Waals surface area contributed by atoms with E-state index in [2.05, 4.69) is 5.32 Å². The van der Waals surface area contributed by atoms with Crippen molar-refractivity contribution in [1.82, 2.24) is 5.32 Å². The van der Waals surface area contributed by atoms with Crippen LogP contribution in [0.1, 0.15) is 6.42 Å². The molecule has 1 heterocycles. The van der Waals surface area contributed by atoms with Gasteiger partial charge in [0.1, 0.15) is 24.2 Å². The summed E-state index contributed by atoms with van der Waals surface area (Å²) in [5, 5.41) is 13.2. The molecule has 1 saturated heterocycles. The highest BCUT2D eigenvalue weighted by Crippen LogP contribution is 2.18. The van der Waals surface area contributed by atoms with Gasteiger partial charge in [0.15, 0.2) is 0 Å². The SMILES string of the molecule is COc1ccc(OCC(O)CNC2CCSC2)cc1. The summed E-state index contributed by atoms with van der Waals surface area (Å²) in [5.74, 6) is 3.91. The third-order valence-corrected chi connectivity index (χ3v) is 4.24. The molecule has 1 aromatic rings. The highest BCUT2D eigenvalue weighted by molar-refractivity contribution is 7.99. The Bertz CT molecular complexity index is 365. The van der Waals surface area contributed by atoms with Crippen LogP contribution in [0.2, 0.25) is 0 Å². The minimum atomic E-state index is -0.479. The van der Waals surface area contributed by atoms with Gasteiger partial charge in [-0.1, -0.05) is 0 Å². The molecule has 0 radical (unpaired) electrons. The Labute approximate surface area is 118 Å². The first kappa shape index (κ1) is 14.5. The first-order valence-corrected chi connectivity index (χ1v) is 7.69. The van der Waals surface area contributed by atoms with Gasteiger partial charge in [0.2, 0.25) is 0 Å². The van der Waals surface area contributed by atoms with Crippen LogP contribution in [0.3, 0.4) is 0 Å². The van der Waals surface area contributed by atoms with Crippen molar-refractivity contribution >= 4 is 11.8 Å². The second-order valence-electron chi connectivity index (χ2n) is 4.61. The molecule has 1 fully saturated rings. The molecule has 5 heteroatoms. The van der Waals surface area contributed by atoms with Crippen LogP contribution in [0.15, 0.2) is 24.3 Å². The lowest BCUT2D eigenvalue weighted by Gasteiger charge is -2.16. The number of methoxy groups -OCH3 is 1. The summed E-state index contributed by atoms with van der Waals surface area (Å²) in [6, 6.07) is 7.91. The molecule has 1 aliphatic rings. The van der Waals surface area contributed by atoms with Crippen molar-refractivity contribution in [2.45, 2.75) is 18.6 Å². The normalized spacial score (nSPS) is 20.2. The molecule has 0 aliphatic carbocycles. The molecule has 0 spiro atoms. The van der Waals surface area contributed by atoms with Gasteiger partial charge in [0.05, 0.1) is 7.11 Å².